The minimum atomic E-state index is -0.483. The number of hydrogen-bond acceptors (Lipinski definition) is 5. The van der Waals surface area contributed by atoms with Gasteiger partial charge in [-0.05, 0) is 45.6 Å². The van der Waals surface area contributed by atoms with Gasteiger partial charge in [-0.25, -0.2) is 9.78 Å². The SMILES string of the molecule is CC(C)(C)OC(=O)N1[C@@H]2CC[C@H]1C=C(c1cc(N)n3nccc3n1)C2. The molecule has 2 bridgehead atoms. The van der Waals surface area contributed by atoms with Crippen molar-refractivity contribution in [2.24, 2.45) is 0 Å². The highest BCUT2D eigenvalue weighted by Crippen LogP contribution is 2.39. The summed E-state index contributed by atoms with van der Waals surface area (Å²) in [7, 11) is 0. The van der Waals surface area contributed by atoms with Crippen LogP contribution in [0.4, 0.5) is 10.6 Å². The number of nitrogens with two attached hydrogens (primary N) is 1. The Morgan fingerprint density at radius 3 is 2.88 bits per heavy atom. The van der Waals surface area contributed by atoms with Gasteiger partial charge >= 0.3 is 6.09 Å². The number of ether oxygens (including phenoxy) is 1. The summed E-state index contributed by atoms with van der Waals surface area (Å²) >= 11 is 0. The fraction of sp³-hybridized carbons (Fsp3) is 0.500. The third kappa shape index (κ3) is 2.83. The second-order valence-electron chi connectivity index (χ2n) is 7.75. The quantitative estimate of drug-likeness (QED) is 0.862. The third-order valence-electron chi connectivity index (χ3n) is 4.72. The highest BCUT2D eigenvalue weighted by atomic mass is 16.6. The minimum absolute atomic E-state index is 0.0627. The van der Waals surface area contributed by atoms with Crippen LogP contribution >= 0.6 is 0 Å². The van der Waals surface area contributed by atoms with Gasteiger partial charge in [-0.2, -0.15) is 9.61 Å². The minimum Gasteiger partial charge on any atom is -0.444 e. The van der Waals surface area contributed by atoms with E-state index in [1.807, 2.05) is 37.8 Å². The Kier molecular flexibility index (Phi) is 3.49. The molecular formula is C18H23N5O2. The lowest BCUT2D eigenvalue weighted by Gasteiger charge is -2.35. The Morgan fingerprint density at radius 2 is 2.16 bits per heavy atom. The maximum atomic E-state index is 12.5. The fourth-order valence-electron chi connectivity index (χ4n) is 3.72. The average molecular weight is 341 g/mol. The molecule has 7 nitrogen and oxygen atoms in total. The van der Waals surface area contributed by atoms with Crippen LogP contribution in [0.5, 0.6) is 0 Å². The molecule has 0 aromatic carbocycles. The van der Waals surface area contributed by atoms with Crippen LogP contribution in [0.2, 0.25) is 0 Å². The molecule has 132 valence electrons. The molecule has 25 heavy (non-hydrogen) atoms. The van der Waals surface area contributed by atoms with Crippen LogP contribution in [0.3, 0.4) is 0 Å². The van der Waals surface area contributed by atoms with Crippen molar-refractivity contribution in [3.05, 3.63) is 30.1 Å². The Morgan fingerprint density at radius 1 is 1.36 bits per heavy atom. The van der Waals surface area contributed by atoms with Gasteiger partial charge in [-0.15, -0.1) is 0 Å². The van der Waals surface area contributed by atoms with E-state index >= 15 is 0 Å². The molecule has 0 aliphatic carbocycles. The molecule has 2 N–H and O–H groups in total. The molecule has 4 rings (SSSR count). The van der Waals surface area contributed by atoms with Gasteiger partial charge in [0.1, 0.15) is 11.4 Å². The number of nitrogen functional groups attached to an aromatic ring is 1. The Bertz CT molecular complexity index is 864. The van der Waals surface area contributed by atoms with Gasteiger partial charge in [-0.1, -0.05) is 6.08 Å². The molecule has 1 fully saturated rings. The topological polar surface area (TPSA) is 85.8 Å². The van der Waals surface area contributed by atoms with Crippen LogP contribution in [-0.4, -0.2) is 43.3 Å². The molecule has 2 aliphatic rings. The monoisotopic (exact) mass is 341 g/mol. The third-order valence-corrected chi connectivity index (χ3v) is 4.72. The number of fused-ring (bicyclic) bond motifs is 3. The lowest BCUT2D eigenvalue weighted by molar-refractivity contribution is 0.0175. The molecule has 2 aromatic rings. The van der Waals surface area contributed by atoms with Gasteiger partial charge in [0, 0.05) is 18.2 Å². The van der Waals surface area contributed by atoms with E-state index < -0.39 is 5.60 Å². The second kappa shape index (κ2) is 5.47. The summed E-state index contributed by atoms with van der Waals surface area (Å²) in [6.45, 7) is 5.68. The van der Waals surface area contributed by atoms with E-state index in [9.17, 15) is 4.79 Å². The second-order valence-corrected chi connectivity index (χ2v) is 7.75. The van der Waals surface area contributed by atoms with Gasteiger partial charge in [0.2, 0.25) is 0 Å². The zero-order chi connectivity index (χ0) is 17.8. The molecule has 2 atom stereocenters. The lowest BCUT2D eigenvalue weighted by Crippen LogP contribution is -2.45. The first kappa shape index (κ1) is 15.9. The average Bonchev–Trinajstić information content (AvgIpc) is 3.08. The van der Waals surface area contributed by atoms with Crippen LogP contribution < -0.4 is 5.73 Å². The summed E-state index contributed by atoms with van der Waals surface area (Å²) in [5.74, 6) is 0.563. The van der Waals surface area contributed by atoms with Crippen LogP contribution in [0, 0.1) is 0 Å². The first-order chi connectivity index (χ1) is 11.8. The first-order valence-corrected chi connectivity index (χ1v) is 8.64. The molecule has 0 saturated carbocycles. The van der Waals surface area contributed by atoms with E-state index in [4.69, 9.17) is 10.5 Å². The van der Waals surface area contributed by atoms with Gasteiger partial charge < -0.3 is 10.5 Å². The van der Waals surface area contributed by atoms with Crippen molar-refractivity contribution in [2.75, 3.05) is 5.73 Å². The Hall–Kier alpha value is -2.57. The number of nitrogens with zero attached hydrogens (tertiary/aromatic N) is 4. The number of carbonyl (C=O) groups excluding carboxylic acids is 1. The number of carbonyl (C=O) groups is 1. The molecular weight excluding hydrogens is 318 g/mol. The zero-order valence-corrected chi connectivity index (χ0v) is 14.8. The van der Waals surface area contributed by atoms with Gasteiger partial charge in [0.05, 0.1) is 17.9 Å². The number of aromatic nitrogens is 3. The predicted octanol–water partition coefficient (Wildman–Crippen LogP) is 2.87. The zero-order valence-electron chi connectivity index (χ0n) is 14.8. The van der Waals surface area contributed by atoms with Crippen LogP contribution in [0.1, 0.15) is 45.7 Å². The molecule has 0 unspecified atom stereocenters. The summed E-state index contributed by atoms with van der Waals surface area (Å²) in [5.41, 5.74) is 8.35. The fourth-order valence-corrected chi connectivity index (χ4v) is 3.72. The van der Waals surface area contributed by atoms with E-state index in [1.54, 1.807) is 10.7 Å². The van der Waals surface area contributed by atoms with E-state index in [1.165, 1.54) is 0 Å². The molecule has 7 heteroatoms. The number of anilines is 1. The van der Waals surface area contributed by atoms with E-state index in [0.29, 0.717) is 5.82 Å². The van der Waals surface area contributed by atoms with Crippen molar-refractivity contribution in [1.82, 2.24) is 19.5 Å². The van der Waals surface area contributed by atoms with Gasteiger partial charge in [0.15, 0.2) is 5.65 Å². The molecule has 0 radical (unpaired) electrons. The highest BCUT2D eigenvalue weighted by Gasteiger charge is 2.41. The predicted molar refractivity (Wildman–Crippen MR) is 94.9 cm³/mol. The summed E-state index contributed by atoms with van der Waals surface area (Å²) in [4.78, 5) is 19.1. The van der Waals surface area contributed by atoms with E-state index in [2.05, 4.69) is 16.2 Å². The summed E-state index contributed by atoms with van der Waals surface area (Å²) < 4.78 is 7.20. The smallest absolute Gasteiger partial charge is 0.411 e. The standard InChI is InChI=1S/C18H23N5O2/c1-18(2,3)25-17(24)22-12-4-5-13(22)9-11(8-12)14-10-15(19)23-16(21-14)6-7-20-23/h6-8,10,12-13H,4-5,9,19H2,1-3H3/t12-,13+/m0/s1. The lowest BCUT2D eigenvalue weighted by atomic mass is 9.98. The van der Waals surface area contributed by atoms with E-state index in [0.717, 1.165) is 36.2 Å². The molecule has 1 saturated heterocycles. The van der Waals surface area contributed by atoms with Crippen molar-refractivity contribution < 1.29 is 9.53 Å². The molecule has 0 spiro atoms. The number of hydrogen-bond donors (Lipinski definition) is 1. The van der Waals surface area contributed by atoms with Gasteiger partial charge in [0.25, 0.3) is 0 Å². The molecule has 2 aliphatic heterocycles. The van der Waals surface area contributed by atoms with Crippen molar-refractivity contribution in [3.8, 4) is 0 Å². The largest absolute Gasteiger partial charge is 0.444 e. The summed E-state index contributed by atoms with van der Waals surface area (Å²) in [6.07, 6.45) is 6.31. The van der Waals surface area contributed by atoms with Crippen LogP contribution in [0.25, 0.3) is 11.2 Å². The Labute approximate surface area is 146 Å². The van der Waals surface area contributed by atoms with Crippen molar-refractivity contribution in [3.63, 3.8) is 0 Å². The Balaban J connectivity index is 1.63. The molecule has 4 heterocycles. The first-order valence-electron chi connectivity index (χ1n) is 8.64. The molecule has 1 amide bonds. The van der Waals surface area contributed by atoms with Crippen molar-refractivity contribution >= 4 is 23.1 Å². The summed E-state index contributed by atoms with van der Waals surface area (Å²) in [5, 5.41) is 4.16. The van der Waals surface area contributed by atoms with Crippen molar-refractivity contribution in [2.45, 2.75) is 57.7 Å². The van der Waals surface area contributed by atoms with Gasteiger partial charge in [-0.3, -0.25) is 4.90 Å². The molecule has 2 aromatic heterocycles. The maximum Gasteiger partial charge on any atom is 0.411 e. The summed E-state index contributed by atoms with van der Waals surface area (Å²) in [6, 6.07) is 3.91. The van der Waals surface area contributed by atoms with Crippen molar-refractivity contribution in [1.29, 1.82) is 0 Å². The van der Waals surface area contributed by atoms with Crippen LogP contribution in [-0.2, 0) is 4.74 Å². The number of rotatable bonds is 1. The maximum absolute atomic E-state index is 12.5. The number of amides is 1. The normalized spacial score (nSPS) is 23.0. The highest BCUT2D eigenvalue weighted by molar-refractivity contribution is 5.75. The van der Waals surface area contributed by atoms with Crippen LogP contribution in [0.15, 0.2) is 24.4 Å². The van der Waals surface area contributed by atoms with E-state index in [-0.39, 0.29) is 18.2 Å².